The first-order chi connectivity index (χ1) is 11.0. The van der Waals surface area contributed by atoms with Crippen molar-refractivity contribution in [2.24, 2.45) is 11.7 Å². The lowest BCUT2D eigenvalue weighted by Crippen LogP contribution is -2.30. The van der Waals surface area contributed by atoms with E-state index in [0.29, 0.717) is 25.0 Å². The van der Waals surface area contributed by atoms with Crippen molar-refractivity contribution in [2.75, 3.05) is 26.7 Å². The Balaban J connectivity index is 2.16. The zero-order chi connectivity index (χ0) is 16.6. The van der Waals surface area contributed by atoms with Crippen LogP contribution in [0.2, 0.25) is 0 Å². The molecule has 0 amide bonds. The SMILES string of the molecule is COC(=O)c1sc2ccccc2c1S(=O)(=O)N1CCC(CN)C1. The van der Waals surface area contributed by atoms with Crippen LogP contribution < -0.4 is 5.73 Å². The standard InChI is InChI=1S/C15H18N2O4S2/c1-21-15(18)13-14(11-4-2-3-5-12(11)22-13)23(19,20)17-7-6-10(8-16)9-17/h2-5,10H,6-9,16H2,1H3. The highest BCUT2D eigenvalue weighted by atomic mass is 32.2. The lowest BCUT2D eigenvalue weighted by molar-refractivity contribution is 0.0602. The Hall–Kier alpha value is -1.48. The second-order valence-electron chi connectivity index (χ2n) is 5.50. The fourth-order valence-corrected chi connectivity index (χ4v) is 6.15. The van der Waals surface area contributed by atoms with Crippen LogP contribution in [-0.4, -0.2) is 45.4 Å². The van der Waals surface area contributed by atoms with Crippen molar-refractivity contribution >= 4 is 37.4 Å². The Labute approximate surface area is 138 Å². The van der Waals surface area contributed by atoms with E-state index in [9.17, 15) is 13.2 Å². The summed E-state index contributed by atoms with van der Waals surface area (Å²) in [5.41, 5.74) is 5.65. The predicted octanol–water partition coefficient (Wildman–Crippen LogP) is 1.66. The maximum Gasteiger partial charge on any atom is 0.349 e. The Morgan fingerprint density at radius 1 is 1.43 bits per heavy atom. The molecule has 0 saturated carbocycles. The molecule has 1 aliphatic rings. The zero-order valence-electron chi connectivity index (χ0n) is 12.7. The van der Waals surface area contributed by atoms with Crippen molar-refractivity contribution in [1.29, 1.82) is 0 Å². The molecule has 1 aliphatic heterocycles. The number of fused-ring (bicyclic) bond motifs is 1. The molecule has 0 radical (unpaired) electrons. The van der Waals surface area contributed by atoms with Crippen LogP contribution in [0, 0.1) is 5.92 Å². The van der Waals surface area contributed by atoms with E-state index in [1.54, 1.807) is 18.2 Å². The van der Waals surface area contributed by atoms with E-state index in [2.05, 4.69) is 0 Å². The smallest absolute Gasteiger partial charge is 0.349 e. The van der Waals surface area contributed by atoms with Crippen LogP contribution in [0.3, 0.4) is 0 Å². The summed E-state index contributed by atoms with van der Waals surface area (Å²) >= 11 is 1.14. The van der Waals surface area contributed by atoms with Crippen LogP contribution in [0.15, 0.2) is 29.2 Å². The Morgan fingerprint density at radius 2 is 2.17 bits per heavy atom. The summed E-state index contributed by atoms with van der Waals surface area (Å²) in [6.45, 7) is 1.28. The molecule has 2 N–H and O–H groups in total. The molecule has 1 atom stereocenters. The highest BCUT2D eigenvalue weighted by Crippen LogP contribution is 2.38. The summed E-state index contributed by atoms with van der Waals surface area (Å²) in [6, 6.07) is 7.11. The highest BCUT2D eigenvalue weighted by molar-refractivity contribution is 7.89. The van der Waals surface area contributed by atoms with E-state index in [-0.39, 0.29) is 15.7 Å². The lowest BCUT2D eigenvalue weighted by Gasteiger charge is -2.17. The minimum atomic E-state index is -3.76. The van der Waals surface area contributed by atoms with E-state index >= 15 is 0 Å². The number of nitrogens with zero attached hydrogens (tertiary/aromatic N) is 1. The molecule has 1 unspecified atom stereocenters. The van der Waals surface area contributed by atoms with Gasteiger partial charge in [-0.15, -0.1) is 11.3 Å². The first kappa shape index (κ1) is 16.4. The number of ether oxygens (including phenoxy) is 1. The second-order valence-corrected chi connectivity index (χ2v) is 8.43. The molecule has 1 aromatic heterocycles. The molecular formula is C15H18N2O4S2. The number of hydrogen-bond donors (Lipinski definition) is 1. The number of benzene rings is 1. The summed E-state index contributed by atoms with van der Waals surface area (Å²) < 4.78 is 33.1. The van der Waals surface area contributed by atoms with Gasteiger partial charge in [0.2, 0.25) is 10.0 Å². The van der Waals surface area contributed by atoms with Gasteiger partial charge in [0.05, 0.1) is 7.11 Å². The van der Waals surface area contributed by atoms with Gasteiger partial charge in [-0.05, 0) is 24.9 Å². The average molecular weight is 354 g/mol. The van der Waals surface area contributed by atoms with E-state index in [1.165, 1.54) is 11.4 Å². The summed E-state index contributed by atoms with van der Waals surface area (Å²) in [4.78, 5) is 12.3. The van der Waals surface area contributed by atoms with Crippen molar-refractivity contribution < 1.29 is 17.9 Å². The number of hydrogen-bond acceptors (Lipinski definition) is 6. The number of esters is 1. The Bertz CT molecular complexity index is 844. The maximum atomic E-state index is 13.1. The van der Waals surface area contributed by atoms with E-state index in [0.717, 1.165) is 22.5 Å². The van der Waals surface area contributed by atoms with Gasteiger partial charge in [-0.1, -0.05) is 18.2 Å². The molecular weight excluding hydrogens is 336 g/mol. The number of carbonyl (C=O) groups is 1. The van der Waals surface area contributed by atoms with Gasteiger partial charge in [0.1, 0.15) is 9.77 Å². The van der Waals surface area contributed by atoms with Gasteiger partial charge in [0.15, 0.2) is 0 Å². The quantitative estimate of drug-likeness (QED) is 0.844. The van der Waals surface area contributed by atoms with Gasteiger partial charge in [0, 0.05) is 23.2 Å². The van der Waals surface area contributed by atoms with Gasteiger partial charge < -0.3 is 10.5 Å². The van der Waals surface area contributed by atoms with Crippen molar-refractivity contribution in [3.8, 4) is 0 Å². The molecule has 2 aromatic rings. The maximum absolute atomic E-state index is 13.1. The number of methoxy groups -OCH3 is 1. The molecule has 2 heterocycles. The zero-order valence-corrected chi connectivity index (χ0v) is 14.3. The minimum Gasteiger partial charge on any atom is -0.465 e. The molecule has 8 heteroatoms. The Kier molecular flexibility index (Phi) is 4.41. The van der Waals surface area contributed by atoms with Gasteiger partial charge in [-0.25, -0.2) is 13.2 Å². The number of sulfonamides is 1. The minimum absolute atomic E-state index is 0.0580. The summed E-state index contributed by atoms with van der Waals surface area (Å²) in [5, 5.41) is 0.564. The van der Waals surface area contributed by atoms with Crippen LogP contribution >= 0.6 is 11.3 Å². The van der Waals surface area contributed by atoms with Gasteiger partial charge >= 0.3 is 5.97 Å². The molecule has 0 aliphatic carbocycles. The van der Waals surface area contributed by atoms with Gasteiger partial charge in [-0.3, -0.25) is 0 Å². The first-order valence-electron chi connectivity index (χ1n) is 7.29. The van der Waals surface area contributed by atoms with Crippen molar-refractivity contribution in [3.63, 3.8) is 0 Å². The largest absolute Gasteiger partial charge is 0.465 e. The van der Waals surface area contributed by atoms with Crippen LogP contribution in [0.4, 0.5) is 0 Å². The molecule has 0 spiro atoms. The number of nitrogens with two attached hydrogens (primary N) is 1. The topological polar surface area (TPSA) is 89.7 Å². The molecule has 124 valence electrons. The van der Waals surface area contributed by atoms with Crippen LogP contribution in [0.25, 0.3) is 10.1 Å². The molecule has 1 aromatic carbocycles. The average Bonchev–Trinajstić information content (AvgIpc) is 3.18. The monoisotopic (exact) mass is 354 g/mol. The van der Waals surface area contributed by atoms with Crippen molar-refractivity contribution in [2.45, 2.75) is 11.3 Å². The van der Waals surface area contributed by atoms with Crippen LogP contribution in [0.1, 0.15) is 16.1 Å². The fourth-order valence-electron chi connectivity index (χ4n) is 2.84. The van der Waals surface area contributed by atoms with E-state index in [4.69, 9.17) is 10.5 Å². The predicted molar refractivity (Wildman–Crippen MR) is 89.1 cm³/mol. The molecule has 1 fully saturated rings. The summed E-state index contributed by atoms with van der Waals surface area (Å²) in [6.07, 6.45) is 0.741. The van der Waals surface area contributed by atoms with E-state index in [1.807, 2.05) is 6.07 Å². The summed E-state index contributed by atoms with van der Waals surface area (Å²) in [7, 11) is -2.51. The molecule has 3 rings (SSSR count). The molecule has 1 saturated heterocycles. The van der Waals surface area contributed by atoms with Crippen molar-refractivity contribution in [1.82, 2.24) is 4.31 Å². The Morgan fingerprint density at radius 3 is 2.83 bits per heavy atom. The number of thiophene rings is 1. The number of rotatable bonds is 4. The van der Waals surface area contributed by atoms with Crippen LogP contribution in [0.5, 0.6) is 0 Å². The summed E-state index contributed by atoms with van der Waals surface area (Å²) in [5.74, 6) is -0.462. The lowest BCUT2D eigenvalue weighted by atomic mass is 10.1. The fraction of sp³-hybridized carbons (Fsp3) is 0.400. The third-order valence-corrected chi connectivity index (χ3v) is 7.33. The van der Waals surface area contributed by atoms with Crippen LogP contribution in [-0.2, 0) is 14.8 Å². The van der Waals surface area contributed by atoms with Gasteiger partial charge in [-0.2, -0.15) is 4.31 Å². The van der Waals surface area contributed by atoms with E-state index < -0.39 is 16.0 Å². The van der Waals surface area contributed by atoms with Gasteiger partial charge in [0.25, 0.3) is 0 Å². The van der Waals surface area contributed by atoms with Crippen molar-refractivity contribution in [3.05, 3.63) is 29.1 Å². The normalized spacial score (nSPS) is 19.3. The molecule has 0 bridgehead atoms. The number of carbonyl (C=O) groups excluding carboxylic acids is 1. The third kappa shape index (κ3) is 2.76. The second kappa shape index (κ2) is 6.20. The molecule has 23 heavy (non-hydrogen) atoms. The third-order valence-electron chi connectivity index (χ3n) is 4.10. The molecule has 6 nitrogen and oxygen atoms in total. The first-order valence-corrected chi connectivity index (χ1v) is 9.54. The highest BCUT2D eigenvalue weighted by Gasteiger charge is 2.37.